The van der Waals surface area contributed by atoms with Crippen LogP contribution in [0.2, 0.25) is 0 Å². The smallest absolute Gasteiger partial charge is 0.265 e. The number of nitrogens with zero attached hydrogens (tertiary/aromatic N) is 4. The number of carbonyl (C=O) groups excluding carboxylic acids is 1. The maximum atomic E-state index is 12.0. The summed E-state index contributed by atoms with van der Waals surface area (Å²) >= 11 is 1.08. The van der Waals surface area contributed by atoms with Crippen LogP contribution in [-0.2, 0) is 6.42 Å². The van der Waals surface area contributed by atoms with E-state index in [4.69, 9.17) is 4.52 Å². The van der Waals surface area contributed by atoms with Crippen LogP contribution < -0.4 is 5.32 Å². The Morgan fingerprint density at radius 3 is 2.94 bits per heavy atom. The molecule has 1 amide bonds. The van der Waals surface area contributed by atoms with Crippen LogP contribution in [0, 0.1) is 6.92 Å². The van der Waals surface area contributed by atoms with Crippen molar-refractivity contribution in [1.29, 1.82) is 0 Å². The van der Waals surface area contributed by atoms with Crippen LogP contribution in [0.5, 0.6) is 0 Å². The summed E-state index contributed by atoms with van der Waals surface area (Å²) in [7, 11) is 0. The van der Waals surface area contributed by atoms with Gasteiger partial charge in [0.1, 0.15) is 10.9 Å². The lowest BCUT2D eigenvalue weighted by molar-refractivity contribution is 0.0935. The number of rotatable bonds is 4. The monoisotopic (exact) mass is 267 g/mol. The molecule has 2 aromatic rings. The van der Waals surface area contributed by atoms with E-state index < -0.39 is 0 Å². The summed E-state index contributed by atoms with van der Waals surface area (Å²) in [5.41, 5.74) is 0.700. The summed E-state index contributed by atoms with van der Waals surface area (Å²) < 4.78 is 8.77. The van der Waals surface area contributed by atoms with Gasteiger partial charge in [-0.15, -0.1) is 5.10 Å². The minimum Gasteiger partial charge on any atom is -0.340 e. The van der Waals surface area contributed by atoms with Gasteiger partial charge in [-0.05, 0) is 31.8 Å². The zero-order valence-corrected chi connectivity index (χ0v) is 11.1. The molecule has 0 aromatic carbocycles. The zero-order chi connectivity index (χ0) is 13.1. The van der Waals surface area contributed by atoms with Gasteiger partial charge in [-0.2, -0.15) is 4.98 Å². The Bertz CT molecular complexity index is 550. The molecule has 96 valence electrons. The molecule has 1 N–H and O–H groups in total. The maximum absolute atomic E-state index is 12.0. The number of nitrogens with one attached hydrogen (secondary N) is 1. The van der Waals surface area contributed by atoms with Gasteiger partial charge in [0.15, 0.2) is 5.82 Å². The second-order valence-corrected chi connectivity index (χ2v) is 4.53. The normalized spacial score (nSPS) is 12.4. The average molecular weight is 267 g/mol. The summed E-state index contributed by atoms with van der Waals surface area (Å²) in [6.45, 7) is 5.44. The van der Waals surface area contributed by atoms with Crippen molar-refractivity contribution in [3.05, 3.63) is 22.3 Å². The van der Waals surface area contributed by atoms with E-state index in [0.29, 0.717) is 28.7 Å². The van der Waals surface area contributed by atoms with Crippen molar-refractivity contribution >= 4 is 17.4 Å². The fraction of sp³-hybridized carbons (Fsp3) is 0.500. The van der Waals surface area contributed by atoms with Crippen LogP contribution in [0.4, 0.5) is 0 Å². The topological polar surface area (TPSA) is 93.8 Å². The van der Waals surface area contributed by atoms with E-state index in [1.807, 2.05) is 6.92 Å². The third kappa shape index (κ3) is 2.53. The highest BCUT2D eigenvalue weighted by atomic mass is 32.1. The lowest BCUT2D eigenvalue weighted by Crippen LogP contribution is -2.27. The predicted octanol–water partition coefficient (Wildman–Crippen LogP) is 1.28. The summed E-state index contributed by atoms with van der Waals surface area (Å²) in [4.78, 5) is 16.6. The van der Waals surface area contributed by atoms with Gasteiger partial charge in [-0.1, -0.05) is 16.6 Å². The van der Waals surface area contributed by atoms with Gasteiger partial charge in [0.05, 0.1) is 5.69 Å². The van der Waals surface area contributed by atoms with Gasteiger partial charge in [0.2, 0.25) is 5.89 Å². The first-order valence-electron chi connectivity index (χ1n) is 5.54. The van der Waals surface area contributed by atoms with Crippen molar-refractivity contribution in [2.45, 2.75) is 33.2 Å². The SMILES string of the molecule is CCc1nnsc1C(=O)N[C@H](C)c1nc(C)no1. The Labute approximate surface area is 108 Å². The van der Waals surface area contributed by atoms with E-state index in [9.17, 15) is 4.79 Å². The lowest BCUT2D eigenvalue weighted by Gasteiger charge is -2.08. The summed E-state index contributed by atoms with van der Waals surface area (Å²) in [6, 6.07) is -0.342. The molecular weight excluding hydrogens is 254 g/mol. The van der Waals surface area contributed by atoms with E-state index >= 15 is 0 Å². The van der Waals surface area contributed by atoms with Crippen molar-refractivity contribution in [3.8, 4) is 0 Å². The van der Waals surface area contributed by atoms with Gasteiger partial charge < -0.3 is 9.84 Å². The number of hydrogen-bond donors (Lipinski definition) is 1. The summed E-state index contributed by atoms with van der Waals surface area (Å²) in [5.74, 6) is 0.710. The number of amides is 1. The van der Waals surface area contributed by atoms with Gasteiger partial charge in [-0.3, -0.25) is 4.79 Å². The molecule has 2 heterocycles. The number of aryl methyl sites for hydroxylation is 2. The molecule has 0 aliphatic rings. The van der Waals surface area contributed by atoms with Crippen molar-refractivity contribution in [2.75, 3.05) is 0 Å². The van der Waals surface area contributed by atoms with Crippen LogP contribution >= 0.6 is 11.5 Å². The zero-order valence-electron chi connectivity index (χ0n) is 10.3. The fourth-order valence-electron chi connectivity index (χ4n) is 1.43. The standard InChI is InChI=1S/C10H13N5O2S/c1-4-7-8(18-15-13-7)9(16)11-5(2)10-12-6(3)14-17-10/h5H,4H2,1-3H3,(H,11,16)/t5-/m1/s1. The minimum absolute atomic E-state index is 0.217. The largest absolute Gasteiger partial charge is 0.340 e. The lowest BCUT2D eigenvalue weighted by atomic mass is 10.2. The molecule has 0 fully saturated rings. The highest BCUT2D eigenvalue weighted by Crippen LogP contribution is 2.14. The average Bonchev–Trinajstić information content (AvgIpc) is 2.96. The summed E-state index contributed by atoms with van der Waals surface area (Å²) in [5, 5.41) is 10.4. The second kappa shape index (κ2) is 5.21. The van der Waals surface area contributed by atoms with Gasteiger partial charge in [0.25, 0.3) is 5.91 Å². The van der Waals surface area contributed by atoms with E-state index in [-0.39, 0.29) is 11.9 Å². The number of aromatic nitrogens is 4. The fourth-order valence-corrected chi connectivity index (χ4v) is 2.08. The summed E-state index contributed by atoms with van der Waals surface area (Å²) in [6.07, 6.45) is 0.674. The van der Waals surface area contributed by atoms with Gasteiger partial charge in [-0.25, -0.2) is 0 Å². The molecule has 2 rings (SSSR count). The predicted molar refractivity (Wildman–Crippen MR) is 64.2 cm³/mol. The quantitative estimate of drug-likeness (QED) is 0.896. The highest BCUT2D eigenvalue weighted by molar-refractivity contribution is 7.08. The van der Waals surface area contributed by atoms with Crippen LogP contribution in [0.3, 0.4) is 0 Å². The third-order valence-electron chi connectivity index (χ3n) is 2.36. The molecule has 7 nitrogen and oxygen atoms in total. The van der Waals surface area contributed by atoms with Crippen LogP contribution in [0.15, 0.2) is 4.52 Å². The Kier molecular flexibility index (Phi) is 3.66. The van der Waals surface area contributed by atoms with Crippen molar-refractivity contribution in [3.63, 3.8) is 0 Å². The van der Waals surface area contributed by atoms with Gasteiger partial charge >= 0.3 is 0 Å². The molecule has 0 saturated carbocycles. The second-order valence-electron chi connectivity index (χ2n) is 3.78. The number of carbonyl (C=O) groups is 1. The molecule has 0 radical (unpaired) electrons. The van der Waals surface area contributed by atoms with Crippen LogP contribution in [-0.4, -0.2) is 25.6 Å². The van der Waals surface area contributed by atoms with Crippen molar-refractivity contribution < 1.29 is 9.32 Å². The van der Waals surface area contributed by atoms with E-state index in [2.05, 4.69) is 25.0 Å². The van der Waals surface area contributed by atoms with E-state index in [1.165, 1.54) is 0 Å². The van der Waals surface area contributed by atoms with E-state index in [0.717, 1.165) is 11.5 Å². The van der Waals surface area contributed by atoms with Crippen LogP contribution in [0.1, 0.15) is 47.0 Å². The molecule has 0 bridgehead atoms. The molecule has 0 spiro atoms. The molecule has 8 heteroatoms. The van der Waals surface area contributed by atoms with E-state index in [1.54, 1.807) is 13.8 Å². The molecule has 18 heavy (non-hydrogen) atoms. The minimum atomic E-state index is -0.342. The molecule has 0 unspecified atom stereocenters. The molecule has 0 aliphatic carbocycles. The molecule has 0 saturated heterocycles. The van der Waals surface area contributed by atoms with Crippen molar-refractivity contribution in [2.24, 2.45) is 0 Å². The third-order valence-corrected chi connectivity index (χ3v) is 3.13. The number of hydrogen-bond acceptors (Lipinski definition) is 7. The Hall–Kier alpha value is -1.83. The van der Waals surface area contributed by atoms with Crippen LogP contribution in [0.25, 0.3) is 0 Å². The Balaban J connectivity index is 2.08. The Morgan fingerprint density at radius 1 is 1.56 bits per heavy atom. The molecule has 2 aromatic heterocycles. The van der Waals surface area contributed by atoms with Gasteiger partial charge in [0, 0.05) is 0 Å². The first-order chi connectivity index (χ1) is 8.61. The maximum Gasteiger partial charge on any atom is 0.265 e. The Morgan fingerprint density at radius 2 is 2.33 bits per heavy atom. The molecular formula is C10H13N5O2S. The first-order valence-corrected chi connectivity index (χ1v) is 6.31. The first kappa shape index (κ1) is 12.6. The molecule has 1 atom stereocenters. The van der Waals surface area contributed by atoms with Crippen molar-refractivity contribution in [1.82, 2.24) is 25.0 Å². The highest BCUT2D eigenvalue weighted by Gasteiger charge is 2.20. The molecule has 0 aliphatic heterocycles.